The Morgan fingerprint density at radius 1 is 0.424 bits per heavy atom. The molecule has 0 radical (unpaired) electrons. The third-order valence-electron chi connectivity index (χ3n) is 11.1. The molecule has 0 saturated carbocycles. The molecule has 12 rings (SSSR count). The monoisotopic (exact) mass is 773 g/mol. The molecule has 4 heterocycles. The molecular weight excluding hydrogens is 743 g/mol. The van der Waals surface area contributed by atoms with Crippen LogP contribution in [-0.4, -0.2) is 24.5 Å². The van der Waals surface area contributed by atoms with Crippen LogP contribution in [-0.2, 0) is 0 Å². The minimum Gasteiger partial charge on any atom is -0.455 e. The van der Waals surface area contributed by atoms with Crippen LogP contribution in [0.25, 0.3) is 116 Å². The molecule has 59 heavy (non-hydrogen) atoms. The summed E-state index contributed by atoms with van der Waals surface area (Å²) < 4.78 is 11.0. The third-order valence-corrected chi connectivity index (χ3v) is 12.3. The van der Waals surface area contributed by atoms with E-state index in [0.29, 0.717) is 17.5 Å². The van der Waals surface area contributed by atoms with Crippen molar-refractivity contribution >= 4 is 64.5 Å². The van der Waals surface area contributed by atoms with Crippen LogP contribution in [0, 0.1) is 0 Å². The molecule has 0 unspecified atom stereocenters. The Hall–Kier alpha value is -7.74. The maximum Gasteiger partial charge on any atom is 0.164 e. The lowest BCUT2D eigenvalue weighted by atomic mass is 10.0. The molecule has 0 bridgehead atoms. The maximum absolute atomic E-state index is 6.38. The van der Waals surface area contributed by atoms with Gasteiger partial charge in [-0.3, -0.25) is 4.57 Å². The Balaban J connectivity index is 1.02. The smallest absolute Gasteiger partial charge is 0.164 e. The summed E-state index contributed by atoms with van der Waals surface area (Å²) in [6, 6.07) is 64.8. The van der Waals surface area contributed by atoms with Crippen molar-refractivity contribution in [3.05, 3.63) is 188 Å². The van der Waals surface area contributed by atoms with Gasteiger partial charge in [-0.1, -0.05) is 146 Å². The van der Waals surface area contributed by atoms with Crippen LogP contribution in [0.3, 0.4) is 0 Å². The Kier molecular flexibility index (Phi) is 7.61. The van der Waals surface area contributed by atoms with Gasteiger partial charge in [0.25, 0.3) is 0 Å². The second-order valence-corrected chi connectivity index (χ2v) is 15.6. The van der Waals surface area contributed by atoms with Crippen molar-refractivity contribution in [2.45, 2.75) is 0 Å². The number of furan rings is 1. The number of hydrogen-bond donors (Lipinski definition) is 0. The molecule has 0 fully saturated rings. The first-order valence-corrected chi connectivity index (χ1v) is 20.4. The van der Waals surface area contributed by atoms with Crippen molar-refractivity contribution in [3.63, 3.8) is 0 Å². The average molecular weight is 774 g/mol. The lowest BCUT2D eigenvalue weighted by Gasteiger charge is -2.11. The second-order valence-electron chi connectivity index (χ2n) is 14.6. The summed E-state index contributed by atoms with van der Waals surface area (Å²) in [5.74, 6) is 2.76. The first kappa shape index (κ1) is 33.4. The molecular formula is C52H31N5OS. The number of imidazole rings is 1. The standard InChI is InChI=1S/C52H31N5OS/c1-3-14-33(15-4-1)49-54-50(34-30-28-32(29-31-34)36-19-11-20-38-37-18-7-10-26-44(37)58-47(36)38)56-51(55-49)40-22-13-27-45-46(40)39-21-12-23-41(48(39)59-45)52-53-42-24-8-9-25-43(42)57(52)35-16-5-2-6-17-35/h1-31H. The van der Waals surface area contributed by atoms with E-state index < -0.39 is 0 Å². The van der Waals surface area contributed by atoms with Gasteiger partial charge in [0.2, 0.25) is 0 Å². The van der Waals surface area contributed by atoms with Crippen molar-refractivity contribution in [1.82, 2.24) is 24.5 Å². The highest BCUT2D eigenvalue weighted by Crippen LogP contribution is 2.44. The Morgan fingerprint density at radius 2 is 1.03 bits per heavy atom. The Bertz CT molecular complexity index is 3550. The summed E-state index contributed by atoms with van der Waals surface area (Å²) in [5, 5.41) is 4.47. The molecule has 0 N–H and O–H groups in total. The number of aromatic nitrogens is 5. The van der Waals surface area contributed by atoms with Crippen LogP contribution >= 0.6 is 11.3 Å². The molecule has 0 atom stereocenters. The van der Waals surface area contributed by atoms with E-state index in [1.165, 1.54) is 0 Å². The summed E-state index contributed by atoms with van der Waals surface area (Å²) >= 11 is 1.78. The molecule has 7 heteroatoms. The van der Waals surface area contributed by atoms with Gasteiger partial charge in [0.05, 0.1) is 11.0 Å². The summed E-state index contributed by atoms with van der Waals surface area (Å²) in [6.45, 7) is 0. The van der Waals surface area contributed by atoms with Crippen LogP contribution < -0.4 is 0 Å². The zero-order chi connectivity index (χ0) is 38.9. The van der Waals surface area contributed by atoms with Gasteiger partial charge < -0.3 is 4.42 Å². The predicted octanol–water partition coefficient (Wildman–Crippen LogP) is 13.8. The van der Waals surface area contributed by atoms with Crippen molar-refractivity contribution in [1.29, 1.82) is 0 Å². The van der Waals surface area contributed by atoms with Gasteiger partial charge in [-0.2, -0.15) is 0 Å². The number of nitrogens with zero attached hydrogens (tertiary/aromatic N) is 5. The molecule has 0 spiro atoms. The topological polar surface area (TPSA) is 69.6 Å². The molecule has 12 aromatic rings. The first-order valence-electron chi connectivity index (χ1n) is 19.6. The van der Waals surface area contributed by atoms with E-state index in [1.54, 1.807) is 11.3 Å². The molecule has 0 aliphatic carbocycles. The van der Waals surface area contributed by atoms with Crippen LogP contribution in [0.5, 0.6) is 0 Å². The zero-order valence-corrected chi connectivity index (χ0v) is 32.3. The van der Waals surface area contributed by atoms with E-state index in [0.717, 1.165) is 98.0 Å². The van der Waals surface area contributed by atoms with E-state index in [9.17, 15) is 0 Å². The van der Waals surface area contributed by atoms with Crippen molar-refractivity contribution in [2.24, 2.45) is 0 Å². The first-order chi connectivity index (χ1) is 29.2. The quantitative estimate of drug-likeness (QED) is 0.168. The molecule has 276 valence electrons. The molecule has 0 aliphatic heterocycles. The van der Waals surface area contributed by atoms with E-state index in [-0.39, 0.29) is 0 Å². The third kappa shape index (κ3) is 5.47. The van der Waals surface area contributed by atoms with Crippen molar-refractivity contribution < 1.29 is 4.42 Å². The number of fused-ring (bicyclic) bond motifs is 7. The lowest BCUT2D eigenvalue weighted by molar-refractivity contribution is 0.670. The largest absolute Gasteiger partial charge is 0.455 e. The number of benzene rings is 8. The normalized spacial score (nSPS) is 11.7. The van der Waals surface area contributed by atoms with Crippen LogP contribution in [0.2, 0.25) is 0 Å². The zero-order valence-electron chi connectivity index (χ0n) is 31.5. The predicted molar refractivity (Wildman–Crippen MR) is 242 cm³/mol. The Labute approximate surface area is 342 Å². The fraction of sp³-hybridized carbons (Fsp3) is 0. The van der Waals surface area contributed by atoms with E-state index in [1.807, 2.05) is 54.6 Å². The summed E-state index contributed by atoms with van der Waals surface area (Å²) in [7, 11) is 0. The van der Waals surface area contributed by atoms with Gasteiger partial charge in [-0.05, 0) is 48.0 Å². The van der Waals surface area contributed by atoms with Gasteiger partial charge in [0.1, 0.15) is 17.0 Å². The minimum absolute atomic E-state index is 0.608. The van der Waals surface area contributed by atoms with Gasteiger partial charge in [-0.25, -0.2) is 19.9 Å². The van der Waals surface area contributed by atoms with Gasteiger partial charge >= 0.3 is 0 Å². The van der Waals surface area contributed by atoms with E-state index >= 15 is 0 Å². The molecule has 4 aromatic heterocycles. The molecule has 0 saturated heterocycles. The van der Waals surface area contributed by atoms with E-state index in [2.05, 4.69) is 138 Å². The number of thiophene rings is 1. The molecule has 6 nitrogen and oxygen atoms in total. The number of rotatable bonds is 6. The van der Waals surface area contributed by atoms with Crippen LogP contribution in [0.4, 0.5) is 0 Å². The number of para-hydroxylation sites is 5. The number of hydrogen-bond acceptors (Lipinski definition) is 6. The van der Waals surface area contributed by atoms with Crippen molar-refractivity contribution in [3.8, 4) is 62.4 Å². The molecule has 8 aromatic carbocycles. The highest BCUT2D eigenvalue weighted by molar-refractivity contribution is 7.26. The van der Waals surface area contributed by atoms with Crippen LogP contribution in [0.1, 0.15) is 0 Å². The summed E-state index contributed by atoms with van der Waals surface area (Å²) in [6.07, 6.45) is 0. The molecule has 0 amide bonds. The summed E-state index contributed by atoms with van der Waals surface area (Å²) in [5.41, 5.74) is 10.8. The SMILES string of the molecule is c1ccc(-c2nc(-c3ccc(-c4cccc5c4oc4ccccc45)cc3)nc(-c3cccc4sc5c(-c6nc7ccccc7n6-c6ccccc6)cccc5c34)n2)cc1. The lowest BCUT2D eigenvalue weighted by Crippen LogP contribution is -2.00. The van der Waals surface area contributed by atoms with Gasteiger partial charge in [0.15, 0.2) is 17.5 Å². The fourth-order valence-electron chi connectivity index (χ4n) is 8.37. The second kappa shape index (κ2) is 13.4. The fourth-order valence-corrected chi connectivity index (χ4v) is 9.61. The highest BCUT2D eigenvalue weighted by Gasteiger charge is 2.22. The molecule has 0 aliphatic rings. The van der Waals surface area contributed by atoms with Crippen molar-refractivity contribution in [2.75, 3.05) is 0 Å². The summed E-state index contributed by atoms with van der Waals surface area (Å²) in [4.78, 5) is 20.7. The average Bonchev–Trinajstić information content (AvgIpc) is 4.01. The minimum atomic E-state index is 0.608. The van der Waals surface area contributed by atoms with Gasteiger partial charge in [-0.15, -0.1) is 11.3 Å². The maximum atomic E-state index is 6.38. The highest BCUT2D eigenvalue weighted by atomic mass is 32.1. The van der Waals surface area contributed by atoms with Gasteiger partial charge in [0, 0.05) is 64.4 Å². The van der Waals surface area contributed by atoms with Crippen LogP contribution in [0.15, 0.2) is 192 Å². The van der Waals surface area contributed by atoms with E-state index in [4.69, 9.17) is 24.4 Å². The Morgan fingerprint density at radius 3 is 1.86 bits per heavy atom.